The van der Waals surface area contributed by atoms with Crippen LogP contribution in [-0.2, 0) is 0 Å². The summed E-state index contributed by atoms with van der Waals surface area (Å²) in [5, 5.41) is 0. The lowest BCUT2D eigenvalue weighted by molar-refractivity contribution is 0.728. The average molecular weight is 197 g/mol. The third-order valence-corrected chi connectivity index (χ3v) is 2.45. The second kappa shape index (κ2) is 4.76. The highest BCUT2D eigenvalue weighted by atomic mass is 15.1. The van der Waals surface area contributed by atoms with E-state index in [1.54, 1.807) is 0 Å². The molecule has 1 nitrogen and oxygen atoms in total. The lowest BCUT2D eigenvalue weighted by atomic mass is 10.2. The first kappa shape index (κ1) is 9.94. The van der Waals surface area contributed by atoms with Crippen LogP contribution in [0.1, 0.15) is 6.92 Å². The van der Waals surface area contributed by atoms with Gasteiger partial charge in [0.15, 0.2) is 11.4 Å². The molecule has 0 amide bonds. The van der Waals surface area contributed by atoms with Crippen LogP contribution in [0, 0.1) is 0 Å². The van der Waals surface area contributed by atoms with Gasteiger partial charge in [0.1, 0.15) is 6.54 Å². The molecule has 0 spiro atoms. The van der Waals surface area contributed by atoms with E-state index < -0.39 is 0 Å². The summed E-state index contributed by atoms with van der Waals surface area (Å²) in [7, 11) is 0. The van der Waals surface area contributed by atoms with Crippen molar-refractivity contribution < 1.29 is 0 Å². The van der Waals surface area contributed by atoms with Gasteiger partial charge < -0.3 is 0 Å². The van der Waals surface area contributed by atoms with Gasteiger partial charge >= 0.3 is 0 Å². The van der Waals surface area contributed by atoms with Crippen molar-refractivity contribution in [2.45, 2.75) is 6.92 Å². The summed E-state index contributed by atoms with van der Waals surface area (Å²) in [5.41, 5.74) is 2.48. The van der Waals surface area contributed by atoms with E-state index >= 15 is 0 Å². The molecular weight excluding hydrogens is 182 g/mol. The number of rotatable bonds is 3. The molecule has 2 rings (SSSR count). The summed E-state index contributed by atoms with van der Waals surface area (Å²) >= 11 is 0. The standard InChI is InChI=1S/C14H15N/c1-2-15(13-9-5-3-6-10-13)14-11-7-4-8-12-14/h3-12H,2H2,1H3/q+1. The fraction of sp³-hybridized carbons (Fsp3) is 0.143. The van der Waals surface area contributed by atoms with Crippen molar-refractivity contribution in [2.75, 3.05) is 6.54 Å². The van der Waals surface area contributed by atoms with Crippen LogP contribution in [0.5, 0.6) is 0 Å². The highest BCUT2D eigenvalue weighted by Crippen LogP contribution is 2.23. The molecule has 0 N–H and O–H groups in total. The molecule has 0 saturated heterocycles. The highest BCUT2D eigenvalue weighted by molar-refractivity contribution is 5.52. The Morgan fingerprint density at radius 2 is 1.13 bits per heavy atom. The maximum atomic E-state index is 2.29. The first-order chi connectivity index (χ1) is 7.42. The molecule has 2 aromatic rings. The molecule has 0 bridgehead atoms. The molecular formula is C14H15N+. The van der Waals surface area contributed by atoms with Gasteiger partial charge in [0.05, 0.1) is 0 Å². The van der Waals surface area contributed by atoms with Crippen LogP contribution in [0.3, 0.4) is 0 Å². The minimum Gasteiger partial charge on any atom is -0.0975 e. The van der Waals surface area contributed by atoms with Gasteiger partial charge in [-0.2, -0.15) is 0 Å². The van der Waals surface area contributed by atoms with Crippen molar-refractivity contribution in [3.05, 3.63) is 60.7 Å². The lowest BCUT2D eigenvalue weighted by Gasteiger charge is -2.08. The Hall–Kier alpha value is -1.60. The predicted molar refractivity (Wildman–Crippen MR) is 64.9 cm³/mol. The van der Waals surface area contributed by atoms with Crippen LogP contribution in [0.2, 0.25) is 0 Å². The number of hydrogen-bond donors (Lipinski definition) is 0. The predicted octanol–water partition coefficient (Wildman–Crippen LogP) is 3.81. The monoisotopic (exact) mass is 197 g/mol. The van der Waals surface area contributed by atoms with E-state index in [4.69, 9.17) is 0 Å². The summed E-state index contributed by atoms with van der Waals surface area (Å²) < 4.78 is 0. The van der Waals surface area contributed by atoms with Crippen LogP contribution in [0.4, 0.5) is 11.4 Å². The Kier molecular flexibility index (Phi) is 3.15. The van der Waals surface area contributed by atoms with E-state index in [0.29, 0.717) is 0 Å². The zero-order chi connectivity index (χ0) is 10.5. The molecule has 0 aliphatic rings. The highest BCUT2D eigenvalue weighted by Gasteiger charge is 2.18. The zero-order valence-electron chi connectivity index (χ0n) is 8.93. The van der Waals surface area contributed by atoms with Gasteiger partial charge in [0, 0.05) is 24.3 Å². The minimum atomic E-state index is 0.980. The van der Waals surface area contributed by atoms with Crippen LogP contribution in [-0.4, -0.2) is 6.54 Å². The number of benzene rings is 2. The fourth-order valence-electron chi connectivity index (χ4n) is 1.73. The Morgan fingerprint density at radius 3 is 1.47 bits per heavy atom. The summed E-state index contributed by atoms with van der Waals surface area (Å²) in [6.07, 6.45) is 0. The van der Waals surface area contributed by atoms with Gasteiger partial charge in [-0.25, -0.2) is 0 Å². The van der Waals surface area contributed by atoms with Crippen molar-refractivity contribution in [1.82, 2.24) is 4.90 Å². The molecule has 0 aliphatic carbocycles. The number of para-hydroxylation sites is 2. The Balaban J connectivity index is 2.34. The molecule has 0 fully saturated rings. The van der Waals surface area contributed by atoms with Crippen molar-refractivity contribution in [3.8, 4) is 0 Å². The Labute approximate surface area is 91.0 Å². The number of nitrogens with zero attached hydrogens (tertiary/aromatic N) is 1. The molecule has 0 heterocycles. The second-order valence-corrected chi connectivity index (χ2v) is 3.42. The first-order valence-corrected chi connectivity index (χ1v) is 5.29. The van der Waals surface area contributed by atoms with Crippen molar-refractivity contribution in [3.63, 3.8) is 0 Å². The molecule has 0 atom stereocenters. The van der Waals surface area contributed by atoms with Gasteiger partial charge in [0.25, 0.3) is 0 Å². The summed E-state index contributed by atoms with van der Waals surface area (Å²) in [6, 6.07) is 20.9. The number of anilines is 2. The fourth-order valence-corrected chi connectivity index (χ4v) is 1.73. The molecule has 0 saturated carbocycles. The van der Waals surface area contributed by atoms with Gasteiger partial charge in [-0.3, -0.25) is 0 Å². The molecule has 1 heteroatoms. The Morgan fingerprint density at radius 1 is 0.733 bits per heavy atom. The van der Waals surface area contributed by atoms with E-state index in [2.05, 4.69) is 60.4 Å². The van der Waals surface area contributed by atoms with Crippen molar-refractivity contribution in [1.29, 1.82) is 0 Å². The number of hydrogen-bond acceptors (Lipinski definition) is 1. The second-order valence-electron chi connectivity index (χ2n) is 3.42. The third kappa shape index (κ3) is 2.25. The summed E-state index contributed by atoms with van der Waals surface area (Å²) in [5.74, 6) is 0. The van der Waals surface area contributed by atoms with Crippen molar-refractivity contribution >= 4 is 11.4 Å². The van der Waals surface area contributed by atoms with Crippen LogP contribution in [0.15, 0.2) is 60.7 Å². The molecule has 75 valence electrons. The molecule has 0 aliphatic heterocycles. The molecule has 1 radical (unpaired) electrons. The normalized spacial score (nSPS) is 10.5. The maximum absolute atomic E-state index is 2.29. The van der Waals surface area contributed by atoms with Crippen molar-refractivity contribution in [2.24, 2.45) is 0 Å². The van der Waals surface area contributed by atoms with Crippen LogP contribution in [0.25, 0.3) is 0 Å². The Bertz CT molecular complexity index is 355. The third-order valence-electron chi connectivity index (χ3n) is 2.45. The lowest BCUT2D eigenvalue weighted by Crippen LogP contribution is -2.16. The minimum absolute atomic E-state index is 0.980. The van der Waals surface area contributed by atoms with Gasteiger partial charge in [-0.15, -0.1) is 0 Å². The maximum Gasteiger partial charge on any atom is 0.186 e. The molecule has 0 aromatic heterocycles. The van der Waals surface area contributed by atoms with Gasteiger partial charge in [-0.1, -0.05) is 41.3 Å². The molecule has 0 unspecified atom stereocenters. The van der Waals surface area contributed by atoms with Gasteiger partial charge in [-0.05, 0) is 6.92 Å². The average Bonchev–Trinajstić information content (AvgIpc) is 2.33. The van der Waals surface area contributed by atoms with E-state index in [1.807, 2.05) is 12.1 Å². The summed E-state index contributed by atoms with van der Waals surface area (Å²) in [4.78, 5) is 2.29. The SMILES string of the molecule is CC[N+](c1ccccc1)c1ccccc1. The first-order valence-electron chi connectivity index (χ1n) is 5.29. The topological polar surface area (TPSA) is 5.90 Å². The van der Waals surface area contributed by atoms with Gasteiger partial charge in [0.2, 0.25) is 0 Å². The van der Waals surface area contributed by atoms with E-state index in [0.717, 1.165) is 6.54 Å². The summed E-state index contributed by atoms with van der Waals surface area (Å²) in [6.45, 7) is 3.15. The quantitative estimate of drug-likeness (QED) is 0.660. The zero-order valence-corrected chi connectivity index (χ0v) is 8.93. The van der Waals surface area contributed by atoms with E-state index in [-0.39, 0.29) is 0 Å². The van der Waals surface area contributed by atoms with Crippen LogP contribution < -0.4 is 4.90 Å². The van der Waals surface area contributed by atoms with E-state index in [1.165, 1.54) is 11.4 Å². The largest absolute Gasteiger partial charge is 0.186 e. The molecule has 2 aromatic carbocycles. The van der Waals surface area contributed by atoms with Crippen LogP contribution >= 0.6 is 0 Å². The molecule has 15 heavy (non-hydrogen) atoms. The van der Waals surface area contributed by atoms with E-state index in [9.17, 15) is 0 Å². The smallest absolute Gasteiger partial charge is 0.0975 e.